The van der Waals surface area contributed by atoms with E-state index in [-0.39, 0.29) is 18.3 Å². The molecule has 1 aliphatic heterocycles. The van der Waals surface area contributed by atoms with E-state index < -0.39 is 17.6 Å². The number of ether oxygens (including phenoxy) is 1. The Morgan fingerprint density at radius 1 is 1.11 bits per heavy atom. The van der Waals surface area contributed by atoms with Gasteiger partial charge in [0.25, 0.3) is 5.91 Å². The molecule has 0 saturated carbocycles. The van der Waals surface area contributed by atoms with E-state index >= 15 is 0 Å². The number of nitrogens with zero attached hydrogens (tertiary/aromatic N) is 1. The van der Waals surface area contributed by atoms with Crippen LogP contribution in [0.15, 0.2) is 42.5 Å². The van der Waals surface area contributed by atoms with E-state index in [1.807, 2.05) is 0 Å². The number of nitrogens with two attached hydrogens (primary N) is 1. The molecule has 2 aromatic rings. The number of hydrogen-bond acceptors (Lipinski definition) is 3. The second-order valence-electron chi connectivity index (χ2n) is 6.13. The van der Waals surface area contributed by atoms with Crippen LogP contribution in [0.3, 0.4) is 0 Å². The summed E-state index contributed by atoms with van der Waals surface area (Å²) in [5.41, 5.74) is 6.32. The van der Waals surface area contributed by atoms with Gasteiger partial charge in [-0.1, -0.05) is 6.07 Å². The van der Waals surface area contributed by atoms with Gasteiger partial charge in [0.05, 0.1) is 5.56 Å². The van der Waals surface area contributed by atoms with Crippen molar-refractivity contribution in [2.45, 2.75) is 19.0 Å². The lowest BCUT2D eigenvalue weighted by Crippen LogP contribution is -2.39. The highest BCUT2D eigenvalue weighted by Gasteiger charge is 2.30. The summed E-state index contributed by atoms with van der Waals surface area (Å²) < 4.78 is 43.0. The summed E-state index contributed by atoms with van der Waals surface area (Å²) in [7, 11) is 0. The molecule has 27 heavy (non-hydrogen) atoms. The maximum absolute atomic E-state index is 12.6. The summed E-state index contributed by atoms with van der Waals surface area (Å²) in [6.45, 7) is 0.135. The van der Waals surface area contributed by atoms with Crippen molar-refractivity contribution >= 4 is 17.5 Å². The van der Waals surface area contributed by atoms with Crippen LogP contribution in [0.2, 0.25) is 0 Å². The van der Waals surface area contributed by atoms with E-state index in [0.717, 1.165) is 17.7 Å². The number of hydrogen-bond donors (Lipinski definition) is 1. The normalized spacial score (nSPS) is 13.8. The molecule has 0 unspecified atom stereocenters. The molecule has 1 heterocycles. The standard InChI is InChI=1S/C19H17F3N2O3/c20-19(21,22)12-6-8-13(9-7-12)27-11-17(25)24-10-2-4-14-15(18(23)26)3-1-5-16(14)24/h1,3,5-9H,2,4,10-11H2,(H2,23,26). The van der Waals surface area contributed by atoms with Crippen LogP contribution in [0.5, 0.6) is 5.75 Å². The van der Waals surface area contributed by atoms with E-state index in [4.69, 9.17) is 10.5 Å². The topological polar surface area (TPSA) is 72.6 Å². The first-order valence-corrected chi connectivity index (χ1v) is 8.29. The van der Waals surface area contributed by atoms with E-state index in [9.17, 15) is 22.8 Å². The highest BCUT2D eigenvalue weighted by atomic mass is 19.4. The molecule has 0 fully saturated rings. The van der Waals surface area contributed by atoms with Crippen molar-refractivity contribution in [3.63, 3.8) is 0 Å². The SMILES string of the molecule is NC(=O)c1cccc2c1CCCN2C(=O)COc1ccc(C(F)(F)F)cc1. The van der Waals surface area contributed by atoms with Crippen LogP contribution in [0.25, 0.3) is 0 Å². The molecule has 1 aliphatic rings. The molecule has 142 valence electrons. The van der Waals surface area contributed by atoms with E-state index in [0.29, 0.717) is 30.6 Å². The van der Waals surface area contributed by atoms with Crippen molar-refractivity contribution in [2.75, 3.05) is 18.1 Å². The van der Waals surface area contributed by atoms with Gasteiger partial charge in [0.15, 0.2) is 6.61 Å². The average molecular weight is 378 g/mol. The first-order valence-electron chi connectivity index (χ1n) is 8.29. The average Bonchev–Trinajstić information content (AvgIpc) is 2.64. The van der Waals surface area contributed by atoms with Crippen molar-refractivity contribution < 1.29 is 27.5 Å². The summed E-state index contributed by atoms with van der Waals surface area (Å²) in [5.74, 6) is -0.737. The summed E-state index contributed by atoms with van der Waals surface area (Å²) in [5, 5.41) is 0. The zero-order valence-electron chi connectivity index (χ0n) is 14.3. The van der Waals surface area contributed by atoms with E-state index in [1.54, 1.807) is 18.2 Å². The van der Waals surface area contributed by atoms with Crippen LogP contribution in [0.1, 0.15) is 27.9 Å². The van der Waals surface area contributed by atoms with Crippen LogP contribution in [-0.4, -0.2) is 25.0 Å². The Morgan fingerprint density at radius 3 is 2.44 bits per heavy atom. The Hall–Kier alpha value is -3.03. The maximum atomic E-state index is 12.6. The molecule has 2 amide bonds. The van der Waals surface area contributed by atoms with Gasteiger partial charge < -0.3 is 15.4 Å². The minimum absolute atomic E-state index is 0.166. The first-order chi connectivity index (χ1) is 12.8. The number of rotatable bonds is 4. The molecule has 2 N–H and O–H groups in total. The zero-order valence-corrected chi connectivity index (χ0v) is 14.3. The second-order valence-corrected chi connectivity index (χ2v) is 6.13. The van der Waals surface area contributed by atoms with Gasteiger partial charge in [-0.25, -0.2) is 0 Å². The number of carbonyl (C=O) groups excluding carboxylic acids is 2. The van der Waals surface area contributed by atoms with Crippen molar-refractivity contribution in [2.24, 2.45) is 5.73 Å². The minimum atomic E-state index is -4.43. The molecule has 0 aliphatic carbocycles. The smallest absolute Gasteiger partial charge is 0.416 e. The van der Waals surface area contributed by atoms with Gasteiger partial charge in [-0.05, 0) is 54.8 Å². The van der Waals surface area contributed by atoms with Gasteiger partial charge >= 0.3 is 6.18 Å². The molecule has 0 bridgehead atoms. The molecule has 0 saturated heterocycles. The van der Waals surface area contributed by atoms with Gasteiger partial charge in [-0.15, -0.1) is 0 Å². The Balaban J connectivity index is 1.71. The van der Waals surface area contributed by atoms with Crippen molar-refractivity contribution in [1.29, 1.82) is 0 Å². The molecule has 0 radical (unpaired) electrons. The third-order valence-electron chi connectivity index (χ3n) is 4.36. The third-order valence-corrected chi connectivity index (χ3v) is 4.36. The van der Waals surface area contributed by atoms with E-state index in [2.05, 4.69) is 0 Å². The summed E-state index contributed by atoms with van der Waals surface area (Å²) >= 11 is 0. The van der Waals surface area contributed by atoms with Crippen molar-refractivity contribution in [3.8, 4) is 5.75 Å². The first kappa shape index (κ1) is 18.8. The highest BCUT2D eigenvalue weighted by molar-refractivity contribution is 6.00. The number of halogens is 3. The Kier molecular flexibility index (Phi) is 5.07. The van der Waals surface area contributed by atoms with Crippen molar-refractivity contribution in [3.05, 3.63) is 59.2 Å². The highest BCUT2D eigenvalue weighted by Crippen LogP contribution is 2.31. The van der Waals surface area contributed by atoms with E-state index in [1.165, 1.54) is 17.0 Å². The number of fused-ring (bicyclic) bond motifs is 1. The molecule has 0 spiro atoms. The number of benzene rings is 2. The van der Waals surface area contributed by atoms with Gasteiger partial charge in [0.1, 0.15) is 5.75 Å². The second kappa shape index (κ2) is 7.30. The fourth-order valence-electron chi connectivity index (χ4n) is 3.08. The fourth-order valence-corrected chi connectivity index (χ4v) is 3.08. The van der Waals surface area contributed by atoms with Gasteiger partial charge in [0.2, 0.25) is 5.91 Å². The predicted molar refractivity (Wildman–Crippen MR) is 92.6 cm³/mol. The summed E-state index contributed by atoms with van der Waals surface area (Å²) in [6.07, 6.45) is -3.12. The Labute approximate surface area is 153 Å². The molecule has 0 aromatic heterocycles. The summed E-state index contributed by atoms with van der Waals surface area (Å²) in [4.78, 5) is 25.6. The minimum Gasteiger partial charge on any atom is -0.484 e. The van der Waals surface area contributed by atoms with Crippen LogP contribution >= 0.6 is 0 Å². The lowest BCUT2D eigenvalue weighted by molar-refractivity contribution is -0.137. The molecule has 0 atom stereocenters. The number of carbonyl (C=O) groups is 2. The molecule has 5 nitrogen and oxygen atoms in total. The van der Waals surface area contributed by atoms with Gasteiger partial charge in [-0.3, -0.25) is 9.59 Å². The van der Waals surface area contributed by atoms with Gasteiger partial charge in [0, 0.05) is 17.8 Å². The number of alkyl halides is 3. The lowest BCUT2D eigenvalue weighted by Gasteiger charge is -2.30. The lowest BCUT2D eigenvalue weighted by atomic mass is 9.96. The van der Waals surface area contributed by atoms with Crippen molar-refractivity contribution in [1.82, 2.24) is 0 Å². The molecular formula is C19H17F3N2O3. The largest absolute Gasteiger partial charge is 0.484 e. The monoisotopic (exact) mass is 378 g/mol. The predicted octanol–water partition coefficient (Wildman–Crippen LogP) is 3.16. The fraction of sp³-hybridized carbons (Fsp3) is 0.263. The number of primary amides is 1. The van der Waals surface area contributed by atoms with Crippen LogP contribution < -0.4 is 15.4 Å². The van der Waals surface area contributed by atoms with Gasteiger partial charge in [-0.2, -0.15) is 13.2 Å². The third kappa shape index (κ3) is 4.05. The van der Waals surface area contributed by atoms with Crippen LogP contribution in [0.4, 0.5) is 18.9 Å². The summed E-state index contributed by atoms with van der Waals surface area (Å²) in [6, 6.07) is 9.15. The molecular weight excluding hydrogens is 361 g/mol. The van der Waals surface area contributed by atoms with Crippen LogP contribution in [0, 0.1) is 0 Å². The molecule has 8 heteroatoms. The molecule has 3 rings (SSSR count). The Bertz CT molecular complexity index is 863. The number of amides is 2. The maximum Gasteiger partial charge on any atom is 0.416 e. The van der Waals surface area contributed by atoms with Crippen LogP contribution in [-0.2, 0) is 17.4 Å². The Morgan fingerprint density at radius 2 is 1.81 bits per heavy atom. The zero-order chi connectivity index (χ0) is 19.6. The molecule has 2 aromatic carbocycles. The number of anilines is 1. The quantitative estimate of drug-likeness (QED) is 0.888.